The zero-order chi connectivity index (χ0) is 11.5. The summed E-state index contributed by atoms with van der Waals surface area (Å²) in [4.78, 5) is 14.3. The fraction of sp³-hybridized carbons (Fsp3) is 0.154. The highest BCUT2D eigenvalue weighted by atomic mass is 16.5. The second-order valence-electron chi connectivity index (χ2n) is 3.62. The molecule has 0 saturated heterocycles. The summed E-state index contributed by atoms with van der Waals surface area (Å²) in [6.07, 6.45) is 1.65. The van der Waals surface area contributed by atoms with Crippen molar-refractivity contribution in [2.75, 3.05) is 7.11 Å². The Balaban J connectivity index is 2.49. The highest BCUT2D eigenvalue weighted by Crippen LogP contribution is 2.23. The van der Waals surface area contributed by atoms with E-state index in [1.54, 1.807) is 19.4 Å². The number of pyridine rings is 1. The van der Waals surface area contributed by atoms with Crippen LogP contribution in [0.15, 0.2) is 41.3 Å². The van der Waals surface area contributed by atoms with Crippen LogP contribution in [0, 0.1) is 6.92 Å². The van der Waals surface area contributed by atoms with Crippen molar-refractivity contribution in [3.8, 4) is 17.0 Å². The third-order valence-electron chi connectivity index (χ3n) is 2.48. The Hall–Kier alpha value is -2.03. The predicted octanol–water partition coefficient (Wildman–Crippen LogP) is 2.36. The van der Waals surface area contributed by atoms with Gasteiger partial charge in [-0.05, 0) is 36.2 Å². The van der Waals surface area contributed by atoms with Gasteiger partial charge in [-0.3, -0.25) is 4.79 Å². The van der Waals surface area contributed by atoms with Gasteiger partial charge in [0.1, 0.15) is 5.75 Å². The maximum atomic E-state index is 11.2. The van der Waals surface area contributed by atoms with E-state index >= 15 is 0 Å². The Morgan fingerprint density at radius 2 is 2.00 bits per heavy atom. The number of nitrogens with one attached hydrogen (secondary N) is 1. The van der Waals surface area contributed by atoms with Crippen LogP contribution in [-0.4, -0.2) is 12.1 Å². The molecule has 1 aromatic heterocycles. The smallest absolute Gasteiger partial charge is 0.182 e. The van der Waals surface area contributed by atoms with Crippen molar-refractivity contribution in [1.82, 2.24) is 4.98 Å². The van der Waals surface area contributed by atoms with Crippen LogP contribution in [0.25, 0.3) is 11.3 Å². The highest BCUT2D eigenvalue weighted by molar-refractivity contribution is 5.61. The molecule has 1 N–H and O–H groups in total. The summed E-state index contributed by atoms with van der Waals surface area (Å²) in [5.74, 6) is 0.849. The van der Waals surface area contributed by atoms with Crippen molar-refractivity contribution in [2.24, 2.45) is 0 Å². The first-order valence-corrected chi connectivity index (χ1v) is 5.04. The molecule has 3 nitrogen and oxygen atoms in total. The van der Waals surface area contributed by atoms with Crippen LogP contribution >= 0.6 is 0 Å². The number of hydrogen-bond donors (Lipinski definition) is 1. The minimum absolute atomic E-state index is 0.00206. The molecule has 1 aromatic carbocycles. The number of aromatic nitrogens is 1. The molecule has 3 heteroatoms. The average Bonchev–Trinajstić information content (AvgIpc) is 2.29. The van der Waals surface area contributed by atoms with Gasteiger partial charge in [0.25, 0.3) is 0 Å². The number of ether oxygens (including phenoxy) is 1. The first-order chi connectivity index (χ1) is 7.70. The second kappa shape index (κ2) is 4.23. The van der Waals surface area contributed by atoms with E-state index in [-0.39, 0.29) is 5.43 Å². The quantitative estimate of drug-likeness (QED) is 0.835. The zero-order valence-corrected chi connectivity index (χ0v) is 9.28. The van der Waals surface area contributed by atoms with E-state index in [4.69, 9.17) is 4.74 Å². The van der Waals surface area contributed by atoms with Crippen molar-refractivity contribution in [3.63, 3.8) is 0 Å². The lowest BCUT2D eigenvalue weighted by Gasteiger charge is -2.07. The summed E-state index contributed by atoms with van der Waals surface area (Å²) in [7, 11) is 1.65. The van der Waals surface area contributed by atoms with Crippen LogP contribution in [0.2, 0.25) is 0 Å². The van der Waals surface area contributed by atoms with Gasteiger partial charge in [0, 0.05) is 24.0 Å². The molecule has 0 aliphatic heterocycles. The third-order valence-corrected chi connectivity index (χ3v) is 2.48. The second-order valence-corrected chi connectivity index (χ2v) is 3.62. The average molecular weight is 215 g/mol. The topological polar surface area (TPSA) is 42.1 Å². The first-order valence-electron chi connectivity index (χ1n) is 5.04. The van der Waals surface area contributed by atoms with Crippen LogP contribution in [0.3, 0.4) is 0 Å². The molecule has 2 rings (SSSR count). The maximum Gasteiger partial charge on any atom is 0.182 e. The number of hydrogen-bond acceptors (Lipinski definition) is 2. The van der Waals surface area contributed by atoms with Crippen molar-refractivity contribution < 1.29 is 4.74 Å². The molecule has 0 fully saturated rings. The van der Waals surface area contributed by atoms with Crippen LogP contribution in [0.4, 0.5) is 0 Å². The molecule has 0 aliphatic rings. The predicted molar refractivity (Wildman–Crippen MR) is 63.8 cm³/mol. The van der Waals surface area contributed by atoms with Crippen LogP contribution in [-0.2, 0) is 0 Å². The molecule has 0 atom stereocenters. The fourth-order valence-corrected chi connectivity index (χ4v) is 1.66. The Morgan fingerprint density at radius 3 is 2.62 bits per heavy atom. The van der Waals surface area contributed by atoms with E-state index in [0.717, 1.165) is 22.6 Å². The normalized spacial score (nSPS) is 10.1. The van der Waals surface area contributed by atoms with E-state index in [1.807, 2.05) is 25.1 Å². The Morgan fingerprint density at radius 1 is 1.19 bits per heavy atom. The van der Waals surface area contributed by atoms with Crippen LogP contribution in [0.1, 0.15) is 5.56 Å². The largest absolute Gasteiger partial charge is 0.496 e. The number of aromatic amines is 1. The lowest BCUT2D eigenvalue weighted by Crippen LogP contribution is -1.98. The highest BCUT2D eigenvalue weighted by Gasteiger charge is 2.02. The Labute approximate surface area is 93.7 Å². The number of benzene rings is 1. The van der Waals surface area contributed by atoms with Gasteiger partial charge in [-0.25, -0.2) is 0 Å². The molecule has 0 amide bonds. The Bertz CT molecular complexity index is 558. The molecule has 0 aliphatic carbocycles. The van der Waals surface area contributed by atoms with Gasteiger partial charge in [0.05, 0.1) is 7.11 Å². The van der Waals surface area contributed by atoms with E-state index in [1.165, 1.54) is 6.07 Å². The molecule has 0 saturated carbocycles. The summed E-state index contributed by atoms with van der Waals surface area (Å²) in [6.45, 7) is 1.98. The van der Waals surface area contributed by atoms with Crippen molar-refractivity contribution in [1.29, 1.82) is 0 Å². The molecule has 0 bridgehead atoms. The monoisotopic (exact) mass is 215 g/mol. The minimum Gasteiger partial charge on any atom is -0.496 e. The molecule has 0 unspecified atom stereocenters. The van der Waals surface area contributed by atoms with Crippen LogP contribution < -0.4 is 10.2 Å². The lowest BCUT2D eigenvalue weighted by molar-refractivity contribution is 0.412. The molecular formula is C13H13NO2. The van der Waals surface area contributed by atoms with Gasteiger partial charge in [-0.15, -0.1) is 0 Å². The van der Waals surface area contributed by atoms with Gasteiger partial charge < -0.3 is 9.72 Å². The molecule has 0 spiro atoms. The van der Waals surface area contributed by atoms with Gasteiger partial charge in [0.2, 0.25) is 0 Å². The SMILES string of the molecule is COc1ccc(-c2cc(=O)cc[nH]2)cc1C. The summed E-state index contributed by atoms with van der Waals surface area (Å²) in [5, 5.41) is 0. The minimum atomic E-state index is 0.00206. The van der Waals surface area contributed by atoms with Gasteiger partial charge in [-0.2, -0.15) is 0 Å². The lowest BCUT2D eigenvalue weighted by atomic mass is 10.1. The van der Waals surface area contributed by atoms with E-state index < -0.39 is 0 Å². The molecular weight excluding hydrogens is 202 g/mol. The van der Waals surface area contributed by atoms with Gasteiger partial charge in [0.15, 0.2) is 5.43 Å². The zero-order valence-electron chi connectivity index (χ0n) is 9.28. The van der Waals surface area contributed by atoms with Gasteiger partial charge in [-0.1, -0.05) is 0 Å². The van der Waals surface area contributed by atoms with E-state index in [0.29, 0.717) is 0 Å². The number of H-pyrrole nitrogens is 1. The number of methoxy groups -OCH3 is 1. The summed E-state index contributed by atoms with van der Waals surface area (Å²) in [6, 6.07) is 8.90. The summed E-state index contributed by atoms with van der Waals surface area (Å²) < 4.78 is 5.19. The molecule has 1 heterocycles. The molecule has 16 heavy (non-hydrogen) atoms. The number of aryl methyl sites for hydroxylation is 1. The summed E-state index contributed by atoms with van der Waals surface area (Å²) >= 11 is 0. The van der Waals surface area contributed by atoms with Crippen molar-refractivity contribution >= 4 is 0 Å². The Kier molecular flexibility index (Phi) is 2.77. The maximum absolute atomic E-state index is 11.2. The molecule has 82 valence electrons. The van der Waals surface area contributed by atoms with E-state index in [2.05, 4.69) is 4.98 Å². The molecule has 2 aromatic rings. The summed E-state index contributed by atoms with van der Waals surface area (Å²) in [5.41, 5.74) is 2.85. The van der Waals surface area contributed by atoms with Gasteiger partial charge >= 0.3 is 0 Å². The standard InChI is InChI=1S/C13H13NO2/c1-9-7-10(3-4-13(9)16-2)12-8-11(15)5-6-14-12/h3-8H,1-2H3,(H,14,15). The van der Waals surface area contributed by atoms with Crippen molar-refractivity contribution in [3.05, 3.63) is 52.3 Å². The fourth-order valence-electron chi connectivity index (χ4n) is 1.66. The first kappa shape index (κ1) is 10.5. The number of rotatable bonds is 2. The van der Waals surface area contributed by atoms with Crippen molar-refractivity contribution in [2.45, 2.75) is 6.92 Å². The third kappa shape index (κ3) is 1.98. The van der Waals surface area contributed by atoms with Crippen LogP contribution in [0.5, 0.6) is 5.75 Å². The molecule has 0 radical (unpaired) electrons. The van der Waals surface area contributed by atoms with E-state index in [9.17, 15) is 4.79 Å².